The summed E-state index contributed by atoms with van der Waals surface area (Å²) in [5.74, 6) is 0.820. The largest absolute Gasteiger partial charge is 0.387 e. The van der Waals surface area contributed by atoms with Gasteiger partial charge in [-0.25, -0.2) is 0 Å². The van der Waals surface area contributed by atoms with Crippen LogP contribution < -0.4 is 0 Å². The van der Waals surface area contributed by atoms with Gasteiger partial charge in [-0.15, -0.1) is 0 Å². The van der Waals surface area contributed by atoms with E-state index in [0.29, 0.717) is 11.8 Å². The summed E-state index contributed by atoms with van der Waals surface area (Å²) >= 11 is 0. The lowest BCUT2D eigenvalue weighted by molar-refractivity contribution is -0.180. The molecule has 4 rings (SSSR count). The second kappa shape index (κ2) is 2.82. The molecule has 3 heterocycles. The van der Waals surface area contributed by atoms with E-state index in [1.807, 2.05) is 6.92 Å². The third-order valence-electron chi connectivity index (χ3n) is 6.52. The summed E-state index contributed by atoms with van der Waals surface area (Å²) in [4.78, 5) is 0. The van der Waals surface area contributed by atoms with Crippen molar-refractivity contribution >= 4 is 0 Å². The summed E-state index contributed by atoms with van der Waals surface area (Å²) < 4.78 is 12.7. The number of hydrogen-bond acceptors (Lipinski definition) is 3. The molecule has 1 spiro atoms. The molecule has 3 heteroatoms. The maximum atomic E-state index is 10.8. The highest BCUT2D eigenvalue weighted by Gasteiger charge is 2.86. The lowest BCUT2D eigenvalue weighted by atomic mass is 9.70. The van der Waals surface area contributed by atoms with Gasteiger partial charge >= 0.3 is 0 Å². The number of ether oxygens (including phenoxy) is 2. The first-order chi connectivity index (χ1) is 8.29. The first kappa shape index (κ1) is 11.7. The highest BCUT2D eigenvalue weighted by Crippen LogP contribution is 2.73. The molecule has 3 nitrogen and oxygen atoms in total. The van der Waals surface area contributed by atoms with Crippen LogP contribution >= 0.6 is 0 Å². The summed E-state index contributed by atoms with van der Waals surface area (Å²) in [6, 6.07) is 0. The van der Waals surface area contributed by atoms with Crippen LogP contribution in [-0.4, -0.2) is 33.6 Å². The van der Waals surface area contributed by atoms with Crippen molar-refractivity contribution < 1.29 is 14.6 Å². The van der Waals surface area contributed by atoms with E-state index < -0.39 is 5.60 Å². The monoisotopic (exact) mass is 252 g/mol. The van der Waals surface area contributed by atoms with Gasteiger partial charge in [0, 0.05) is 5.92 Å². The molecule has 3 saturated heterocycles. The van der Waals surface area contributed by atoms with Crippen LogP contribution in [-0.2, 0) is 9.47 Å². The molecular formula is C15H24O3. The van der Waals surface area contributed by atoms with Gasteiger partial charge in [0.1, 0.15) is 17.3 Å². The van der Waals surface area contributed by atoms with Crippen molar-refractivity contribution in [1.29, 1.82) is 0 Å². The summed E-state index contributed by atoms with van der Waals surface area (Å²) in [7, 11) is 0. The van der Waals surface area contributed by atoms with E-state index in [2.05, 4.69) is 20.8 Å². The van der Waals surface area contributed by atoms with Crippen LogP contribution in [0.15, 0.2) is 0 Å². The SMILES string of the molecule is CC(C)[C@]12CC[C@](C)(O1)[C@H]1CC[C@@](C)(O)[C@@]13O[C@H]32. The Morgan fingerprint density at radius 2 is 1.89 bits per heavy atom. The average Bonchev–Trinajstić information content (AvgIpc) is 2.86. The molecule has 1 saturated carbocycles. The van der Waals surface area contributed by atoms with Crippen molar-refractivity contribution in [1.82, 2.24) is 0 Å². The standard InChI is InChI=1S/C15H24O3/c1-9(2)14-8-7-12(3,18-14)10-5-6-13(4,16)15(10)11(14)17-15/h9-11,16H,5-8H2,1-4H3/t10-,11+,12+,13-,14+,15-/m1/s1. The van der Waals surface area contributed by atoms with E-state index in [4.69, 9.17) is 9.47 Å². The van der Waals surface area contributed by atoms with Crippen molar-refractivity contribution in [2.45, 2.75) is 81.9 Å². The number of hydrogen-bond donors (Lipinski definition) is 1. The van der Waals surface area contributed by atoms with Gasteiger partial charge < -0.3 is 14.6 Å². The molecule has 102 valence electrons. The molecule has 18 heavy (non-hydrogen) atoms. The van der Waals surface area contributed by atoms with Gasteiger partial charge in [0.05, 0.1) is 11.2 Å². The molecule has 0 aromatic carbocycles. The fraction of sp³-hybridized carbons (Fsp3) is 1.00. The fourth-order valence-electron chi connectivity index (χ4n) is 5.39. The zero-order valence-corrected chi connectivity index (χ0v) is 11.8. The Hall–Kier alpha value is -0.120. The molecule has 0 aromatic heterocycles. The van der Waals surface area contributed by atoms with Crippen molar-refractivity contribution in [3.05, 3.63) is 0 Å². The Bertz CT molecular complexity index is 418. The molecule has 4 fully saturated rings. The van der Waals surface area contributed by atoms with Crippen LogP contribution in [0.4, 0.5) is 0 Å². The first-order valence-electron chi connectivity index (χ1n) is 7.39. The lowest BCUT2D eigenvalue weighted by Crippen LogP contribution is -2.60. The highest BCUT2D eigenvalue weighted by molar-refractivity contribution is 5.34. The van der Waals surface area contributed by atoms with E-state index in [-0.39, 0.29) is 22.9 Å². The molecule has 3 aliphatic heterocycles. The van der Waals surface area contributed by atoms with Crippen LogP contribution in [0.3, 0.4) is 0 Å². The zero-order chi connectivity index (χ0) is 13.0. The highest BCUT2D eigenvalue weighted by atomic mass is 16.7. The van der Waals surface area contributed by atoms with E-state index >= 15 is 0 Å². The summed E-state index contributed by atoms with van der Waals surface area (Å²) in [5, 5.41) is 10.8. The van der Waals surface area contributed by atoms with Crippen LogP contribution in [0.25, 0.3) is 0 Å². The molecule has 1 N–H and O–H groups in total. The number of fused-ring (bicyclic) bond motifs is 4. The van der Waals surface area contributed by atoms with Crippen molar-refractivity contribution in [3.63, 3.8) is 0 Å². The minimum atomic E-state index is -0.669. The fourth-order valence-corrected chi connectivity index (χ4v) is 5.39. The Kier molecular flexibility index (Phi) is 1.83. The Balaban J connectivity index is 1.85. The van der Waals surface area contributed by atoms with Gasteiger partial charge in [0.2, 0.25) is 0 Å². The maximum Gasteiger partial charge on any atom is 0.131 e. The third kappa shape index (κ3) is 0.949. The zero-order valence-electron chi connectivity index (χ0n) is 11.8. The van der Waals surface area contributed by atoms with Crippen LogP contribution in [0.1, 0.15) is 53.4 Å². The molecule has 6 atom stereocenters. The number of aliphatic hydroxyl groups is 1. The molecule has 0 amide bonds. The molecule has 1 aliphatic carbocycles. The first-order valence-corrected chi connectivity index (χ1v) is 7.39. The van der Waals surface area contributed by atoms with E-state index in [1.54, 1.807) is 0 Å². The summed E-state index contributed by atoms with van der Waals surface area (Å²) in [6.07, 6.45) is 4.20. The Morgan fingerprint density at radius 1 is 1.17 bits per heavy atom. The second-order valence-corrected chi connectivity index (χ2v) is 7.68. The smallest absolute Gasteiger partial charge is 0.131 e. The number of epoxide rings is 1. The van der Waals surface area contributed by atoms with E-state index in [1.165, 1.54) is 0 Å². The predicted molar refractivity (Wildman–Crippen MR) is 67.2 cm³/mol. The van der Waals surface area contributed by atoms with Gasteiger partial charge in [-0.2, -0.15) is 0 Å². The molecule has 0 aromatic rings. The van der Waals surface area contributed by atoms with Crippen molar-refractivity contribution in [2.75, 3.05) is 0 Å². The van der Waals surface area contributed by atoms with Gasteiger partial charge in [0.15, 0.2) is 0 Å². The molecule has 0 unspecified atom stereocenters. The number of rotatable bonds is 1. The Morgan fingerprint density at radius 3 is 2.56 bits per heavy atom. The van der Waals surface area contributed by atoms with Crippen LogP contribution in [0, 0.1) is 11.8 Å². The topological polar surface area (TPSA) is 42.0 Å². The van der Waals surface area contributed by atoms with Gasteiger partial charge in [-0.05, 0) is 45.4 Å². The lowest BCUT2D eigenvalue weighted by Gasteiger charge is -2.46. The third-order valence-corrected chi connectivity index (χ3v) is 6.52. The Labute approximate surface area is 109 Å². The molecular weight excluding hydrogens is 228 g/mol. The van der Waals surface area contributed by atoms with E-state index in [9.17, 15) is 5.11 Å². The van der Waals surface area contributed by atoms with Gasteiger partial charge in [0.25, 0.3) is 0 Å². The summed E-state index contributed by atoms with van der Waals surface area (Å²) in [6.45, 7) is 8.66. The van der Waals surface area contributed by atoms with Gasteiger partial charge in [-0.1, -0.05) is 13.8 Å². The van der Waals surface area contributed by atoms with E-state index in [0.717, 1.165) is 25.7 Å². The normalized spacial score (nSPS) is 65.0. The second-order valence-electron chi connectivity index (χ2n) is 7.68. The average molecular weight is 252 g/mol. The maximum absolute atomic E-state index is 10.8. The minimum absolute atomic E-state index is 0.0856. The van der Waals surface area contributed by atoms with Crippen LogP contribution in [0.5, 0.6) is 0 Å². The van der Waals surface area contributed by atoms with Crippen molar-refractivity contribution in [3.8, 4) is 0 Å². The van der Waals surface area contributed by atoms with Crippen molar-refractivity contribution in [2.24, 2.45) is 11.8 Å². The molecule has 2 bridgehead atoms. The quantitative estimate of drug-likeness (QED) is 0.728. The summed E-state index contributed by atoms with van der Waals surface area (Å²) in [5.41, 5.74) is -1.21. The predicted octanol–water partition coefficient (Wildman–Crippen LogP) is 2.26. The molecule has 0 radical (unpaired) electrons. The minimum Gasteiger partial charge on any atom is -0.387 e. The van der Waals surface area contributed by atoms with Crippen LogP contribution in [0.2, 0.25) is 0 Å². The molecule has 4 aliphatic rings. The van der Waals surface area contributed by atoms with Gasteiger partial charge in [-0.3, -0.25) is 0 Å².